The highest BCUT2D eigenvalue weighted by Crippen LogP contribution is 2.35. The van der Waals surface area contributed by atoms with E-state index < -0.39 is 0 Å². The van der Waals surface area contributed by atoms with Crippen molar-refractivity contribution < 1.29 is 9.47 Å². The van der Waals surface area contributed by atoms with Gasteiger partial charge in [0, 0.05) is 13.5 Å². The highest BCUT2D eigenvalue weighted by atomic mass is 32.1. The predicted octanol–water partition coefficient (Wildman–Crippen LogP) is 2.26. The van der Waals surface area contributed by atoms with Crippen LogP contribution in [0.25, 0.3) is 0 Å². The Balaban J connectivity index is 1.87. The van der Waals surface area contributed by atoms with Crippen molar-refractivity contribution in [2.24, 2.45) is 0 Å². The molecule has 5 nitrogen and oxygen atoms in total. The third-order valence-corrected chi connectivity index (χ3v) is 3.55. The van der Waals surface area contributed by atoms with Gasteiger partial charge in [-0.3, -0.25) is 9.67 Å². The first-order valence-electron chi connectivity index (χ1n) is 6.18. The van der Waals surface area contributed by atoms with Crippen molar-refractivity contribution in [1.29, 1.82) is 0 Å². The molecule has 3 rings (SSSR count). The number of nitrogens with zero attached hydrogens (tertiary/aromatic N) is 2. The largest absolute Gasteiger partial charge is 0.482 e. The molecule has 1 aliphatic rings. The minimum atomic E-state index is -0.0813. The van der Waals surface area contributed by atoms with E-state index >= 15 is 0 Å². The number of ether oxygens (including phenoxy) is 2. The zero-order chi connectivity index (χ0) is 13.2. The van der Waals surface area contributed by atoms with Gasteiger partial charge in [-0.25, -0.2) is 0 Å². The number of para-hydroxylation sites is 1. The van der Waals surface area contributed by atoms with Crippen LogP contribution in [0.4, 0.5) is 0 Å². The van der Waals surface area contributed by atoms with Crippen LogP contribution in [-0.2, 0) is 17.7 Å². The van der Waals surface area contributed by atoms with Crippen molar-refractivity contribution in [2.45, 2.75) is 19.1 Å². The van der Waals surface area contributed by atoms with Gasteiger partial charge in [-0.1, -0.05) is 18.2 Å². The lowest BCUT2D eigenvalue weighted by Gasteiger charge is -2.12. The van der Waals surface area contributed by atoms with Gasteiger partial charge in [-0.2, -0.15) is 5.10 Å². The molecule has 100 valence electrons. The van der Waals surface area contributed by atoms with E-state index in [-0.39, 0.29) is 6.10 Å². The van der Waals surface area contributed by atoms with E-state index in [2.05, 4.69) is 16.3 Å². The average Bonchev–Trinajstić information content (AvgIpc) is 2.99. The molecular formula is C13H15N3O2S. The highest BCUT2D eigenvalue weighted by Gasteiger charge is 2.28. The van der Waals surface area contributed by atoms with Crippen LogP contribution >= 0.6 is 12.2 Å². The summed E-state index contributed by atoms with van der Waals surface area (Å²) in [6.45, 7) is 1.28. The van der Waals surface area contributed by atoms with Gasteiger partial charge in [0.25, 0.3) is 0 Å². The van der Waals surface area contributed by atoms with Crippen molar-refractivity contribution in [2.75, 3.05) is 13.7 Å². The number of H-pyrrole nitrogens is 1. The molecule has 2 aromatic rings. The normalized spacial score (nSPS) is 17.2. The molecule has 1 N–H and O–H groups in total. The number of benzene rings is 1. The molecule has 6 heteroatoms. The van der Waals surface area contributed by atoms with Crippen LogP contribution < -0.4 is 4.74 Å². The van der Waals surface area contributed by atoms with Crippen LogP contribution in [0.15, 0.2) is 24.3 Å². The summed E-state index contributed by atoms with van der Waals surface area (Å²) in [5.74, 6) is 1.76. The van der Waals surface area contributed by atoms with Crippen molar-refractivity contribution in [3.8, 4) is 5.75 Å². The molecule has 0 bridgehead atoms. The molecule has 1 aliphatic heterocycles. The maximum atomic E-state index is 5.94. The van der Waals surface area contributed by atoms with E-state index in [0.717, 1.165) is 18.0 Å². The molecule has 1 aromatic heterocycles. The minimum absolute atomic E-state index is 0.0813. The number of nitrogens with one attached hydrogen (secondary N) is 1. The van der Waals surface area contributed by atoms with Gasteiger partial charge in [0.1, 0.15) is 5.75 Å². The van der Waals surface area contributed by atoms with Gasteiger partial charge in [0.05, 0.1) is 13.2 Å². The molecule has 1 aromatic carbocycles. The first-order chi connectivity index (χ1) is 9.29. The Morgan fingerprint density at radius 2 is 2.37 bits per heavy atom. The lowest BCUT2D eigenvalue weighted by Crippen LogP contribution is -2.15. The molecule has 0 saturated carbocycles. The zero-order valence-corrected chi connectivity index (χ0v) is 11.4. The lowest BCUT2D eigenvalue weighted by atomic mass is 10.1. The summed E-state index contributed by atoms with van der Waals surface area (Å²) in [4.78, 5) is 0. The second-order valence-corrected chi connectivity index (χ2v) is 4.84. The second kappa shape index (κ2) is 5.14. The number of aromatic nitrogens is 3. The van der Waals surface area contributed by atoms with E-state index in [9.17, 15) is 0 Å². The number of fused-ring (bicyclic) bond motifs is 1. The van der Waals surface area contributed by atoms with E-state index in [1.807, 2.05) is 22.8 Å². The fourth-order valence-electron chi connectivity index (χ4n) is 2.30. The van der Waals surface area contributed by atoms with Crippen LogP contribution in [0.2, 0.25) is 0 Å². The standard InChI is InChI=1S/C13H15N3O2S/c1-17-7-6-16-12(14-15-13(16)19)11-8-9-4-2-3-5-10(9)18-11/h2-5,11H,6-8H2,1H3,(H,15,19). The molecule has 1 unspecified atom stereocenters. The maximum Gasteiger partial charge on any atom is 0.195 e. The number of methoxy groups -OCH3 is 1. The minimum Gasteiger partial charge on any atom is -0.482 e. The molecule has 19 heavy (non-hydrogen) atoms. The fourth-order valence-corrected chi connectivity index (χ4v) is 2.53. The Morgan fingerprint density at radius 1 is 1.53 bits per heavy atom. The van der Waals surface area contributed by atoms with E-state index in [1.165, 1.54) is 5.56 Å². The third-order valence-electron chi connectivity index (χ3n) is 3.24. The van der Waals surface area contributed by atoms with Crippen LogP contribution in [0, 0.1) is 4.77 Å². The average molecular weight is 277 g/mol. The molecule has 2 heterocycles. The van der Waals surface area contributed by atoms with Crippen LogP contribution in [0.1, 0.15) is 17.5 Å². The van der Waals surface area contributed by atoms with Gasteiger partial charge in [-0.15, -0.1) is 0 Å². The fraction of sp³-hybridized carbons (Fsp3) is 0.385. The monoisotopic (exact) mass is 277 g/mol. The first kappa shape index (κ1) is 12.4. The van der Waals surface area contributed by atoms with Crippen molar-refractivity contribution >= 4 is 12.2 Å². The molecule has 0 fully saturated rings. The number of rotatable bonds is 4. The maximum absolute atomic E-state index is 5.94. The SMILES string of the molecule is COCCn1c(C2Cc3ccccc3O2)n[nH]c1=S. The Morgan fingerprint density at radius 3 is 3.16 bits per heavy atom. The zero-order valence-electron chi connectivity index (χ0n) is 10.6. The molecule has 0 radical (unpaired) electrons. The quantitative estimate of drug-likeness (QED) is 0.871. The summed E-state index contributed by atoms with van der Waals surface area (Å²) >= 11 is 5.24. The Labute approximate surface area is 116 Å². The predicted molar refractivity (Wildman–Crippen MR) is 72.8 cm³/mol. The summed E-state index contributed by atoms with van der Waals surface area (Å²) in [5.41, 5.74) is 1.21. The number of aromatic amines is 1. The van der Waals surface area contributed by atoms with E-state index in [4.69, 9.17) is 21.7 Å². The topological polar surface area (TPSA) is 52.1 Å². The number of hydrogen-bond donors (Lipinski definition) is 1. The third kappa shape index (κ3) is 2.29. The molecule has 0 saturated heterocycles. The van der Waals surface area contributed by atoms with Crippen molar-refractivity contribution in [3.63, 3.8) is 0 Å². The summed E-state index contributed by atoms with van der Waals surface area (Å²) in [6, 6.07) is 8.06. The Hall–Kier alpha value is -1.66. The summed E-state index contributed by atoms with van der Waals surface area (Å²) in [7, 11) is 1.67. The first-order valence-corrected chi connectivity index (χ1v) is 6.59. The smallest absolute Gasteiger partial charge is 0.195 e. The van der Waals surface area contributed by atoms with Crippen molar-refractivity contribution in [3.05, 3.63) is 40.4 Å². The Kier molecular flexibility index (Phi) is 3.35. The van der Waals surface area contributed by atoms with Gasteiger partial charge >= 0.3 is 0 Å². The highest BCUT2D eigenvalue weighted by molar-refractivity contribution is 7.71. The summed E-state index contributed by atoms with van der Waals surface area (Å²) in [6.07, 6.45) is 0.741. The van der Waals surface area contributed by atoms with E-state index in [1.54, 1.807) is 7.11 Å². The van der Waals surface area contributed by atoms with Crippen LogP contribution in [0.3, 0.4) is 0 Å². The summed E-state index contributed by atoms with van der Waals surface area (Å²) in [5, 5.41) is 7.13. The Bertz CT molecular complexity index is 610. The second-order valence-electron chi connectivity index (χ2n) is 4.45. The molecule has 0 spiro atoms. The summed E-state index contributed by atoms with van der Waals surface area (Å²) < 4.78 is 13.6. The van der Waals surface area contributed by atoms with Gasteiger partial charge in [0.15, 0.2) is 16.7 Å². The van der Waals surface area contributed by atoms with Gasteiger partial charge in [-0.05, 0) is 23.8 Å². The molecular weight excluding hydrogens is 262 g/mol. The molecule has 0 amide bonds. The van der Waals surface area contributed by atoms with Gasteiger partial charge < -0.3 is 9.47 Å². The molecule has 0 aliphatic carbocycles. The van der Waals surface area contributed by atoms with Crippen LogP contribution in [-0.4, -0.2) is 28.5 Å². The van der Waals surface area contributed by atoms with E-state index in [0.29, 0.717) is 17.9 Å². The van der Waals surface area contributed by atoms with Crippen LogP contribution in [0.5, 0.6) is 5.75 Å². The van der Waals surface area contributed by atoms with Crippen molar-refractivity contribution in [1.82, 2.24) is 14.8 Å². The lowest BCUT2D eigenvalue weighted by molar-refractivity contribution is 0.177. The number of hydrogen-bond acceptors (Lipinski definition) is 4. The molecule has 1 atom stereocenters. The van der Waals surface area contributed by atoms with Gasteiger partial charge in [0.2, 0.25) is 0 Å².